The molecule has 4 nitrogen and oxygen atoms in total. The third-order valence-electron chi connectivity index (χ3n) is 2.53. The van der Waals surface area contributed by atoms with Crippen molar-refractivity contribution in [3.05, 3.63) is 35.1 Å². The van der Waals surface area contributed by atoms with Gasteiger partial charge in [-0.3, -0.25) is 0 Å². The maximum atomic E-state index is 13.6. The van der Waals surface area contributed by atoms with Gasteiger partial charge in [-0.05, 0) is 31.4 Å². The summed E-state index contributed by atoms with van der Waals surface area (Å²) in [5, 5.41) is 15.1. The lowest BCUT2D eigenvalue weighted by Crippen LogP contribution is -2.38. The number of guanidine groups is 1. The molecule has 0 aliphatic heterocycles. The molecule has 0 aromatic heterocycles. The fourth-order valence-electron chi connectivity index (χ4n) is 1.54. The Bertz CT molecular complexity index is 502. The minimum Gasteiger partial charge on any atom is -0.357 e. The molecule has 0 saturated carbocycles. The van der Waals surface area contributed by atoms with Crippen molar-refractivity contribution in [3.8, 4) is 6.07 Å². The van der Waals surface area contributed by atoms with E-state index in [4.69, 9.17) is 5.26 Å². The Hall–Kier alpha value is -1.01. The third-order valence-corrected chi connectivity index (χ3v) is 3.14. The topological polar surface area (TPSA) is 60.2 Å². The Balaban J connectivity index is 0.00000400. The highest BCUT2D eigenvalue weighted by molar-refractivity contribution is 14.0. The zero-order valence-corrected chi connectivity index (χ0v) is 15.3. The maximum absolute atomic E-state index is 13.6. The van der Waals surface area contributed by atoms with E-state index in [1.165, 1.54) is 18.2 Å². The molecular weight excluding hydrogens is 402 g/mol. The number of benzene rings is 1. The first kappa shape index (κ1) is 20.0. The van der Waals surface area contributed by atoms with Crippen LogP contribution in [0.15, 0.2) is 23.2 Å². The van der Waals surface area contributed by atoms with Gasteiger partial charge in [0.05, 0.1) is 18.2 Å². The van der Waals surface area contributed by atoms with E-state index in [2.05, 4.69) is 15.6 Å². The predicted molar refractivity (Wildman–Crippen MR) is 97.7 cm³/mol. The smallest absolute Gasteiger partial charge is 0.191 e. The van der Waals surface area contributed by atoms with E-state index in [0.717, 1.165) is 18.8 Å². The Labute approximate surface area is 146 Å². The van der Waals surface area contributed by atoms with E-state index < -0.39 is 0 Å². The van der Waals surface area contributed by atoms with E-state index in [1.54, 1.807) is 11.8 Å². The molecule has 0 amide bonds. The lowest BCUT2D eigenvalue weighted by Gasteiger charge is -2.10. The van der Waals surface area contributed by atoms with Crippen molar-refractivity contribution < 1.29 is 4.39 Å². The van der Waals surface area contributed by atoms with Crippen LogP contribution in [0.4, 0.5) is 4.39 Å². The average molecular weight is 422 g/mol. The van der Waals surface area contributed by atoms with Gasteiger partial charge in [0.15, 0.2) is 5.96 Å². The van der Waals surface area contributed by atoms with Gasteiger partial charge in [0, 0.05) is 24.4 Å². The number of rotatable bonds is 6. The maximum Gasteiger partial charge on any atom is 0.191 e. The Kier molecular flexibility index (Phi) is 11.1. The van der Waals surface area contributed by atoms with Gasteiger partial charge in [-0.2, -0.15) is 17.0 Å². The summed E-state index contributed by atoms with van der Waals surface area (Å²) in [5.41, 5.74) is 0.864. The van der Waals surface area contributed by atoms with Crippen molar-refractivity contribution in [1.29, 1.82) is 5.26 Å². The molecule has 0 saturated heterocycles. The lowest BCUT2D eigenvalue weighted by molar-refractivity contribution is 0.610. The molecule has 0 unspecified atom stereocenters. The molecular formula is C14H20FIN4S. The lowest BCUT2D eigenvalue weighted by atomic mass is 10.1. The van der Waals surface area contributed by atoms with E-state index in [1.807, 2.05) is 19.2 Å². The summed E-state index contributed by atoms with van der Waals surface area (Å²) >= 11 is 1.74. The van der Waals surface area contributed by atoms with E-state index in [-0.39, 0.29) is 36.3 Å². The van der Waals surface area contributed by atoms with Gasteiger partial charge in [0.2, 0.25) is 0 Å². The molecule has 2 N–H and O–H groups in total. The van der Waals surface area contributed by atoms with Crippen LogP contribution in [0.25, 0.3) is 0 Å². The fourth-order valence-corrected chi connectivity index (χ4v) is 1.85. The molecule has 0 spiro atoms. The number of hydrogen-bond acceptors (Lipinski definition) is 3. The van der Waals surface area contributed by atoms with Gasteiger partial charge in [-0.1, -0.05) is 0 Å². The summed E-state index contributed by atoms with van der Waals surface area (Å²) in [5.74, 6) is 1.29. The van der Waals surface area contributed by atoms with Crippen LogP contribution in [-0.4, -0.2) is 31.1 Å². The summed E-state index contributed by atoms with van der Waals surface area (Å²) in [6.45, 7) is 3.72. The summed E-state index contributed by atoms with van der Waals surface area (Å²) in [4.78, 5) is 4.33. The fraction of sp³-hybridized carbons (Fsp3) is 0.429. The van der Waals surface area contributed by atoms with Crippen LogP contribution in [0.3, 0.4) is 0 Å². The Morgan fingerprint density at radius 2 is 2.19 bits per heavy atom. The highest BCUT2D eigenvalue weighted by atomic mass is 127. The number of nitriles is 1. The second-order valence-electron chi connectivity index (χ2n) is 4.03. The highest BCUT2D eigenvalue weighted by Gasteiger charge is 2.04. The summed E-state index contributed by atoms with van der Waals surface area (Å²) in [6, 6.07) is 6.30. The first-order chi connectivity index (χ1) is 9.71. The minimum atomic E-state index is -0.340. The molecule has 1 aromatic rings. The standard InChI is InChI=1S/C14H19FN4S.HI/c1-3-17-14(18-6-7-20-2)19-10-12-8-11(9-16)4-5-13(12)15;/h4-5,8H,3,6-7,10H2,1-2H3,(H2,17,18,19);1H. The van der Waals surface area contributed by atoms with Crippen LogP contribution in [0.1, 0.15) is 18.1 Å². The number of nitrogens with zero attached hydrogens (tertiary/aromatic N) is 2. The van der Waals surface area contributed by atoms with Gasteiger partial charge in [-0.15, -0.1) is 24.0 Å². The predicted octanol–water partition coefficient (Wildman–Crippen LogP) is 2.73. The molecule has 0 aliphatic rings. The van der Waals surface area contributed by atoms with E-state index in [9.17, 15) is 4.39 Å². The third kappa shape index (κ3) is 7.52. The zero-order valence-electron chi connectivity index (χ0n) is 12.1. The van der Waals surface area contributed by atoms with Crippen molar-refractivity contribution in [3.63, 3.8) is 0 Å². The molecule has 1 rings (SSSR count). The van der Waals surface area contributed by atoms with Gasteiger partial charge in [0.25, 0.3) is 0 Å². The van der Waals surface area contributed by atoms with Crippen LogP contribution in [0, 0.1) is 17.1 Å². The quantitative estimate of drug-likeness (QED) is 0.321. The minimum absolute atomic E-state index is 0. The molecule has 0 heterocycles. The van der Waals surface area contributed by atoms with E-state index >= 15 is 0 Å². The molecule has 0 bridgehead atoms. The SMILES string of the molecule is CCNC(=NCc1cc(C#N)ccc1F)NCCSC.I. The van der Waals surface area contributed by atoms with Crippen molar-refractivity contribution in [2.24, 2.45) is 4.99 Å². The van der Waals surface area contributed by atoms with Gasteiger partial charge < -0.3 is 10.6 Å². The Morgan fingerprint density at radius 1 is 1.43 bits per heavy atom. The van der Waals surface area contributed by atoms with Crippen molar-refractivity contribution >= 4 is 41.7 Å². The second-order valence-corrected chi connectivity index (χ2v) is 5.02. The van der Waals surface area contributed by atoms with Crippen LogP contribution in [-0.2, 0) is 6.54 Å². The number of nitrogens with one attached hydrogen (secondary N) is 2. The largest absolute Gasteiger partial charge is 0.357 e. The zero-order chi connectivity index (χ0) is 14.8. The number of halogens is 2. The highest BCUT2D eigenvalue weighted by Crippen LogP contribution is 2.11. The monoisotopic (exact) mass is 422 g/mol. The molecule has 7 heteroatoms. The van der Waals surface area contributed by atoms with Gasteiger partial charge >= 0.3 is 0 Å². The molecule has 1 aromatic carbocycles. The average Bonchev–Trinajstić information content (AvgIpc) is 2.46. The summed E-state index contributed by atoms with van der Waals surface area (Å²) < 4.78 is 13.6. The first-order valence-electron chi connectivity index (χ1n) is 6.41. The Morgan fingerprint density at radius 3 is 2.81 bits per heavy atom. The summed E-state index contributed by atoms with van der Waals surface area (Å²) in [7, 11) is 0. The van der Waals surface area contributed by atoms with Crippen LogP contribution in [0.2, 0.25) is 0 Å². The first-order valence-corrected chi connectivity index (χ1v) is 7.80. The molecule has 21 heavy (non-hydrogen) atoms. The molecule has 0 radical (unpaired) electrons. The normalized spacial score (nSPS) is 10.5. The molecule has 0 atom stereocenters. The van der Waals surface area contributed by atoms with Crippen molar-refractivity contribution in [1.82, 2.24) is 10.6 Å². The van der Waals surface area contributed by atoms with Crippen LogP contribution >= 0.6 is 35.7 Å². The van der Waals surface area contributed by atoms with Gasteiger partial charge in [0.1, 0.15) is 5.82 Å². The van der Waals surface area contributed by atoms with Crippen LogP contribution in [0.5, 0.6) is 0 Å². The number of thioether (sulfide) groups is 1. The molecule has 116 valence electrons. The van der Waals surface area contributed by atoms with Crippen molar-refractivity contribution in [2.75, 3.05) is 25.1 Å². The molecule has 0 fully saturated rings. The van der Waals surface area contributed by atoms with Gasteiger partial charge in [-0.25, -0.2) is 9.38 Å². The number of aliphatic imine (C=N–C) groups is 1. The van der Waals surface area contributed by atoms with Crippen LogP contribution < -0.4 is 10.6 Å². The van der Waals surface area contributed by atoms with E-state index in [0.29, 0.717) is 17.1 Å². The summed E-state index contributed by atoms with van der Waals surface area (Å²) in [6.07, 6.45) is 2.04. The second kappa shape index (κ2) is 11.6. The van der Waals surface area contributed by atoms with Crippen molar-refractivity contribution in [2.45, 2.75) is 13.5 Å². The number of hydrogen-bond donors (Lipinski definition) is 2. The molecule has 0 aliphatic carbocycles.